The topological polar surface area (TPSA) is 71.4 Å². The molecule has 0 radical (unpaired) electrons. The molecule has 0 aliphatic heterocycles. The molecule has 0 spiro atoms. The molecule has 0 aliphatic carbocycles. The molecule has 0 fully saturated rings. The van der Waals surface area contributed by atoms with Gasteiger partial charge >= 0.3 is 39.7 Å². The Morgan fingerprint density at radius 1 is 1.56 bits per heavy atom. The zero-order valence-electron chi connectivity index (χ0n) is 3.86. The molecule has 0 aliphatic rings. The van der Waals surface area contributed by atoms with Gasteiger partial charge in [-0.25, -0.2) is 0 Å². The summed E-state index contributed by atoms with van der Waals surface area (Å²) in [6.45, 7) is 2.84. The Hall–Kier alpha value is 0.320. The van der Waals surface area contributed by atoms with E-state index in [1.54, 1.807) is 0 Å². The monoisotopic (exact) mass is 160 g/mol. The molecule has 0 aromatic heterocycles. The Morgan fingerprint density at radius 3 is 1.89 bits per heavy atom. The molecule has 0 atom stereocenters. The zero-order valence-corrected chi connectivity index (χ0v) is 4.68. The summed E-state index contributed by atoms with van der Waals surface area (Å²) in [6.07, 6.45) is 0.523. The Labute approximate surface area is 75.0 Å². The van der Waals surface area contributed by atoms with Gasteiger partial charge in [-0.2, -0.15) is 8.42 Å². The first kappa shape index (κ1) is 12.0. The molecule has 0 aromatic carbocycles. The fourth-order valence-electron chi connectivity index (χ4n) is 0.105. The van der Waals surface area contributed by atoms with Gasteiger partial charge in [0.1, 0.15) is 0 Å². The summed E-state index contributed by atoms with van der Waals surface area (Å²) in [5.41, 5.74) is 0. The van der Waals surface area contributed by atoms with Crippen LogP contribution in [0.25, 0.3) is 0 Å². The van der Waals surface area contributed by atoms with Gasteiger partial charge in [-0.3, -0.25) is 9.35 Å². The van der Waals surface area contributed by atoms with Crippen LogP contribution in [0.5, 0.6) is 0 Å². The second-order valence-corrected chi connectivity index (χ2v) is 2.35. The molecule has 0 unspecified atom stereocenters. The first-order valence-corrected chi connectivity index (χ1v) is 3.06. The van der Waals surface area contributed by atoms with E-state index in [4.69, 9.17) is 4.55 Å². The van der Waals surface area contributed by atoms with E-state index < -0.39 is 15.2 Å². The Balaban J connectivity index is 0. The van der Waals surface area contributed by atoms with Crippen molar-refractivity contribution in [2.45, 2.75) is 0 Å². The second kappa shape index (κ2) is 4.19. The summed E-state index contributed by atoms with van der Waals surface area (Å²) in [5.74, 6) is 0. The van der Waals surface area contributed by atoms with Gasteiger partial charge in [0.2, 0.25) is 0 Å². The second-order valence-electron chi connectivity index (χ2n) is 0.998. The Bertz CT molecular complexity index is 204. The third kappa shape index (κ3) is 4.80. The van der Waals surface area contributed by atoms with Crippen molar-refractivity contribution in [2.24, 2.45) is 0 Å². The summed E-state index contributed by atoms with van der Waals surface area (Å²) in [7, 11) is -4.51. The van der Waals surface area contributed by atoms with E-state index in [0.717, 1.165) is 0 Å². The van der Waals surface area contributed by atoms with Gasteiger partial charge in [0, 0.05) is 0 Å². The van der Waals surface area contributed by atoms with Crippen LogP contribution < -0.4 is 0 Å². The molecule has 0 saturated carbocycles. The van der Waals surface area contributed by atoms with Crippen LogP contribution in [0.3, 0.4) is 0 Å². The molecule has 0 rings (SSSR count). The van der Waals surface area contributed by atoms with Crippen LogP contribution in [0, 0.1) is 0 Å². The normalized spacial score (nSPS) is 9.44. The van der Waals surface area contributed by atoms with Crippen molar-refractivity contribution >= 4 is 44.8 Å². The van der Waals surface area contributed by atoms with E-state index in [2.05, 4.69) is 6.58 Å². The van der Waals surface area contributed by atoms with E-state index in [9.17, 15) is 13.2 Å². The SMILES string of the molecule is C=CC(=O)S(=O)(=O)O.[NaH]. The molecule has 48 valence electrons. The van der Waals surface area contributed by atoms with E-state index in [-0.39, 0.29) is 29.6 Å². The first-order chi connectivity index (χ1) is 3.48. The van der Waals surface area contributed by atoms with E-state index in [1.807, 2.05) is 0 Å². The van der Waals surface area contributed by atoms with Gasteiger partial charge in [0.05, 0.1) is 0 Å². The quantitative estimate of drug-likeness (QED) is 0.301. The number of hydrogen-bond donors (Lipinski definition) is 1. The molecule has 6 heteroatoms. The summed E-state index contributed by atoms with van der Waals surface area (Å²) >= 11 is 0. The average Bonchev–Trinajstić information content (AvgIpc) is 1.62. The standard InChI is InChI=1S/C3H4O4S.Na.H/c1-2-3(4)8(5,6)7;;/h2H,1H2,(H,5,6,7);;. The molecular weight excluding hydrogens is 155 g/mol. The third-order valence-electron chi connectivity index (χ3n) is 0.421. The van der Waals surface area contributed by atoms with Crippen LogP contribution in [0.1, 0.15) is 0 Å². The average molecular weight is 160 g/mol. The maximum atomic E-state index is 9.88. The molecular formula is C3H5NaO4S. The van der Waals surface area contributed by atoms with Crippen LogP contribution in [0.2, 0.25) is 0 Å². The molecule has 4 nitrogen and oxygen atoms in total. The van der Waals surface area contributed by atoms with Gasteiger partial charge in [0.15, 0.2) is 0 Å². The minimum atomic E-state index is -4.51. The van der Waals surface area contributed by atoms with Crippen molar-refractivity contribution < 1.29 is 17.8 Å². The van der Waals surface area contributed by atoms with Crippen LogP contribution in [-0.4, -0.2) is 47.6 Å². The van der Waals surface area contributed by atoms with Crippen LogP contribution in [0.4, 0.5) is 0 Å². The summed E-state index contributed by atoms with van der Waals surface area (Å²) in [5, 5.41) is -1.38. The molecule has 0 heterocycles. The van der Waals surface area contributed by atoms with E-state index in [0.29, 0.717) is 6.08 Å². The number of rotatable bonds is 1. The Kier molecular flexibility index (Phi) is 5.60. The first-order valence-electron chi connectivity index (χ1n) is 1.62. The molecule has 1 N–H and O–H groups in total. The van der Waals surface area contributed by atoms with Crippen LogP contribution in [-0.2, 0) is 14.9 Å². The van der Waals surface area contributed by atoms with E-state index >= 15 is 0 Å². The minimum absolute atomic E-state index is 0. The van der Waals surface area contributed by atoms with Gasteiger partial charge < -0.3 is 0 Å². The third-order valence-corrected chi connectivity index (χ3v) is 1.10. The van der Waals surface area contributed by atoms with Gasteiger partial charge in [-0.15, -0.1) is 0 Å². The predicted octanol–water partition coefficient (Wildman–Crippen LogP) is -1.06. The number of carbonyl (C=O) groups is 1. The predicted molar refractivity (Wildman–Crippen MR) is 33.9 cm³/mol. The molecule has 0 bridgehead atoms. The van der Waals surface area contributed by atoms with Gasteiger partial charge in [-0.05, 0) is 6.08 Å². The maximum absolute atomic E-state index is 9.88. The van der Waals surface area contributed by atoms with Crippen molar-refractivity contribution in [3.05, 3.63) is 12.7 Å². The molecule has 9 heavy (non-hydrogen) atoms. The number of hydrogen-bond acceptors (Lipinski definition) is 3. The molecule has 0 saturated heterocycles. The molecule has 0 amide bonds. The van der Waals surface area contributed by atoms with Crippen molar-refractivity contribution in [2.75, 3.05) is 0 Å². The van der Waals surface area contributed by atoms with Crippen molar-refractivity contribution in [3.63, 3.8) is 0 Å². The number of carbonyl (C=O) groups excluding carboxylic acids is 1. The van der Waals surface area contributed by atoms with Crippen molar-refractivity contribution in [1.82, 2.24) is 0 Å². The summed E-state index contributed by atoms with van der Waals surface area (Å²) in [4.78, 5) is 9.88. The summed E-state index contributed by atoms with van der Waals surface area (Å²) in [6, 6.07) is 0. The van der Waals surface area contributed by atoms with Crippen LogP contribution in [0.15, 0.2) is 12.7 Å². The Morgan fingerprint density at radius 2 is 1.89 bits per heavy atom. The van der Waals surface area contributed by atoms with Crippen LogP contribution >= 0.6 is 0 Å². The molecule has 0 aromatic rings. The van der Waals surface area contributed by atoms with Gasteiger partial charge in [0.25, 0.3) is 5.12 Å². The fraction of sp³-hybridized carbons (Fsp3) is 0. The van der Waals surface area contributed by atoms with Crippen molar-refractivity contribution in [1.29, 1.82) is 0 Å². The zero-order chi connectivity index (χ0) is 6.78. The fourth-order valence-corrected chi connectivity index (χ4v) is 0.316. The van der Waals surface area contributed by atoms with Gasteiger partial charge in [-0.1, -0.05) is 6.58 Å². The van der Waals surface area contributed by atoms with Crippen molar-refractivity contribution in [3.8, 4) is 0 Å². The summed E-state index contributed by atoms with van der Waals surface area (Å²) < 4.78 is 27.2. The van der Waals surface area contributed by atoms with E-state index in [1.165, 1.54) is 0 Å².